The summed E-state index contributed by atoms with van der Waals surface area (Å²) in [6, 6.07) is 0.313. The van der Waals surface area contributed by atoms with Gasteiger partial charge in [0.05, 0.1) is 11.7 Å². The summed E-state index contributed by atoms with van der Waals surface area (Å²) in [5.41, 5.74) is 3.74. The third kappa shape index (κ3) is 2.71. The molecule has 20 heavy (non-hydrogen) atoms. The normalized spacial score (nSPS) is 25.2. The molecule has 5 nitrogen and oxygen atoms in total. The molecular weight excluding hydrogens is 250 g/mol. The number of hydrogen-bond donors (Lipinski definition) is 1. The van der Waals surface area contributed by atoms with Crippen LogP contribution in [0.1, 0.15) is 35.2 Å². The van der Waals surface area contributed by atoms with E-state index in [2.05, 4.69) is 36.1 Å². The maximum atomic E-state index is 4.88. The maximum Gasteiger partial charge on any atom is 0.147 e. The van der Waals surface area contributed by atoms with E-state index < -0.39 is 0 Å². The fraction of sp³-hybridized carbons (Fsp3) is 0.733. The molecule has 1 aromatic rings. The molecule has 0 aromatic carbocycles. The van der Waals surface area contributed by atoms with Crippen molar-refractivity contribution in [1.82, 2.24) is 25.1 Å². The van der Waals surface area contributed by atoms with Gasteiger partial charge in [-0.15, -0.1) is 0 Å². The molecule has 5 heteroatoms. The van der Waals surface area contributed by atoms with Crippen molar-refractivity contribution in [2.75, 3.05) is 40.3 Å². The van der Waals surface area contributed by atoms with E-state index >= 15 is 0 Å². The number of hydrogen-bond acceptors (Lipinski definition) is 5. The van der Waals surface area contributed by atoms with Crippen molar-refractivity contribution in [3.63, 3.8) is 0 Å². The number of aryl methyl sites for hydroxylation is 1. The van der Waals surface area contributed by atoms with Crippen LogP contribution >= 0.6 is 0 Å². The summed E-state index contributed by atoms with van der Waals surface area (Å²) in [7, 11) is 4.39. The first kappa shape index (κ1) is 13.9. The minimum Gasteiger partial charge on any atom is -0.311 e. The highest BCUT2D eigenvalue weighted by Crippen LogP contribution is 2.23. The topological polar surface area (TPSA) is 44.3 Å². The van der Waals surface area contributed by atoms with Crippen molar-refractivity contribution in [3.05, 3.63) is 22.8 Å². The van der Waals surface area contributed by atoms with Crippen LogP contribution in [0.25, 0.3) is 0 Å². The van der Waals surface area contributed by atoms with E-state index in [4.69, 9.17) is 9.97 Å². The Morgan fingerprint density at radius 2 is 2.05 bits per heavy atom. The first-order valence-corrected chi connectivity index (χ1v) is 7.61. The van der Waals surface area contributed by atoms with Crippen LogP contribution in [-0.2, 0) is 13.0 Å². The number of rotatable bonds is 1. The SMILES string of the molecule is Cc1nc(C2CN(C)CCCN2C)nc2c1CCNC2. The minimum atomic E-state index is 0.313. The molecule has 110 valence electrons. The summed E-state index contributed by atoms with van der Waals surface area (Å²) in [5, 5.41) is 3.42. The Kier molecular flexibility index (Phi) is 4.01. The molecule has 3 heterocycles. The number of nitrogens with zero attached hydrogens (tertiary/aromatic N) is 4. The number of nitrogens with one attached hydrogen (secondary N) is 1. The van der Waals surface area contributed by atoms with Crippen molar-refractivity contribution in [3.8, 4) is 0 Å². The van der Waals surface area contributed by atoms with Crippen LogP contribution in [0, 0.1) is 6.92 Å². The van der Waals surface area contributed by atoms with E-state index in [1.165, 1.54) is 23.4 Å². The maximum absolute atomic E-state index is 4.88. The van der Waals surface area contributed by atoms with E-state index in [0.717, 1.165) is 45.0 Å². The second-order valence-corrected chi connectivity index (χ2v) is 6.13. The Labute approximate surface area is 121 Å². The van der Waals surface area contributed by atoms with Gasteiger partial charge in [0, 0.05) is 18.8 Å². The molecule has 0 saturated carbocycles. The Bertz CT molecular complexity index is 487. The molecule has 1 fully saturated rings. The van der Waals surface area contributed by atoms with Crippen LogP contribution in [0.3, 0.4) is 0 Å². The third-order valence-corrected chi connectivity index (χ3v) is 4.53. The fourth-order valence-corrected chi connectivity index (χ4v) is 3.27. The molecular formula is C15H25N5. The summed E-state index contributed by atoms with van der Waals surface area (Å²) in [6.07, 6.45) is 2.27. The first-order chi connectivity index (χ1) is 9.65. The van der Waals surface area contributed by atoms with E-state index in [9.17, 15) is 0 Å². The van der Waals surface area contributed by atoms with Crippen molar-refractivity contribution in [2.45, 2.75) is 32.4 Å². The zero-order chi connectivity index (χ0) is 14.1. The number of aromatic nitrogens is 2. The molecule has 0 radical (unpaired) electrons. The molecule has 3 rings (SSSR count). The molecule has 0 aliphatic carbocycles. The van der Waals surface area contributed by atoms with Crippen LogP contribution in [0.5, 0.6) is 0 Å². The lowest BCUT2D eigenvalue weighted by Gasteiger charge is -2.28. The summed E-state index contributed by atoms with van der Waals surface area (Å²) in [5.74, 6) is 1.00. The third-order valence-electron chi connectivity index (χ3n) is 4.53. The lowest BCUT2D eigenvalue weighted by Crippen LogP contribution is -2.33. The van der Waals surface area contributed by atoms with Gasteiger partial charge in [0.1, 0.15) is 5.82 Å². The van der Waals surface area contributed by atoms with Crippen LogP contribution in [0.2, 0.25) is 0 Å². The van der Waals surface area contributed by atoms with Crippen LogP contribution in [-0.4, -0.2) is 60.0 Å². The predicted molar refractivity (Wildman–Crippen MR) is 79.7 cm³/mol. The fourth-order valence-electron chi connectivity index (χ4n) is 3.27. The van der Waals surface area contributed by atoms with Gasteiger partial charge in [-0.2, -0.15) is 0 Å². The zero-order valence-corrected chi connectivity index (χ0v) is 12.8. The Morgan fingerprint density at radius 1 is 1.20 bits per heavy atom. The molecule has 1 unspecified atom stereocenters. The Hall–Kier alpha value is -1.04. The van der Waals surface area contributed by atoms with Gasteiger partial charge >= 0.3 is 0 Å². The van der Waals surface area contributed by atoms with Gasteiger partial charge in [-0.1, -0.05) is 0 Å². The van der Waals surface area contributed by atoms with E-state index in [1.807, 2.05) is 0 Å². The van der Waals surface area contributed by atoms with E-state index in [-0.39, 0.29) is 0 Å². The van der Waals surface area contributed by atoms with E-state index in [0.29, 0.717) is 6.04 Å². The quantitative estimate of drug-likeness (QED) is 0.819. The summed E-state index contributed by atoms with van der Waals surface area (Å²) < 4.78 is 0. The highest BCUT2D eigenvalue weighted by Gasteiger charge is 2.26. The van der Waals surface area contributed by atoms with Gasteiger partial charge in [0.25, 0.3) is 0 Å². The Balaban J connectivity index is 1.94. The molecule has 1 saturated heterocycles. The van der Waals surface area contributed by atoms with Crippen molar-refractivity contribution in [1.29, 1.82) is 0 Å². The average molecular weight is 275 g/mol. The molecule has 2 aliphatic rings. The summed E-state index contributed by atoms with van der Waals surface area (Å²) in [4.78, 5) is 14.5. The van der Waals surface area contributed by atoms with Crippen LogP contribution in [0.4, 0.5) is 0 Å². The summed E-state index contributed by atoms with van der Waals surface area (Å²) >= 11 is 0. The van der Waals surface area contributed by atoms with Gasteiger partial charge in [-0.3, -0.25) is 4.90 Å². The molecule has 1 aromatic heterocycles. The lowest BCUT2D eigenvalue weighted by atomic mass is 10.0. The van der Waals surface area contributed by atoms with E-state index in [1.54, 1.807) is 0 Å². The molecule has 2 aliphatic heterocycles. The molecule has 0 amide bonds. The monoisotopic (exact) mass is 275 g/mol. The average Bonchev–Trinajstić information content (AvgIpc) is 2.60. The first-order valence-electron chi connectivity index (χ1n) is 7.61. The predicted octanol–water partition coefficient (Wildman–Crippen LogP) is 0.739. The number of likely N-dealkylation sites (N-methyl/N-ethyl adjacent to an activating group) is 2. The second kappa shape index (κ2) is 5.76. The van der Waals surface area contributed by atoms with Gasteiger partial charge < -0.3 is 10.2 Å². The van der Waals surface area contributed by atoms with Crippen molar-refractivity contribution < 1.29 is 0 Å². The number of fused-ring (bicyclic) bond motifs is 1. The molecule has 1 N–H and O–H groups in total. The highest BCUT2D eigenvalue weighted by molar-refractivity contribution is 5.28. The van der Waals surface area contributed by atoms with Crippen molar-refractivity contribution in [2.24, 2.45) is 0 Å². The van der Waals surface area contributed by atoms with Gasteiger partial charge in [-0.05, 0) is 59.1 Å². The van der Waals surface area contributed by atoms with Crippen LogP contribution < -0.4 is 5.32 Å². The minimum absolute atomic E-state index is 0.313. The zero-order valence-electron chi connectivity index (χ0n) is 12.8. The van der Waals surface area contributed by atoms with Gasteiger partial charge in [-0.25, -0.2) is 9.97 Å². The standard InChI is InChI=1S/C15H25N5/c1-11-12-5-6-16-9-13(12)18-15(17-11)14-10-19(2)7-4-8-20(14)3/h14,16H,4-10H2,1-3H3. The largest absolute Gasteiger partial charge is 0.311 e. The molecule has 1 atom stereocenters. The van der Waals surface area contributed by atoms with Crippen molar-refractivity contribution >= 4 is 0 Å². The molecule has 0 bridgehead atoms. The molecule has 0 spiro atoms. The highest BCUT2D eigenvalue weighted by atomic mass is 15.2. The summed E-state index contributed by atoms with van der Waals surface area (Å²) in [6.45, 7) is 7.36. The second-order valence-electron chi connectivity index (χ2n) is 6.13. The smallest absolute Gasteiger partial charge is 0.147 e. The van der Waals surface area contributed by atoms with Gasteiger partial charge in [0.15, 0.2) is 0 Å². The Morgan fingerprint density at radius 3 is 2.90 bits per heavy atom. The van der Waals surface area contributed by atoms with Gasteiger partial charge in [0.2, 0.25) is 0 Å². The van der Waals surface area contributed by atoms with Crippen LogP contribution in [0.15, 0.2) is 0 Å². The lowest BCUT2D eigenvalue weighted by molar-refractivity contribution is 0.218.